The molecule has 1 fully saturated rings. The topological polar surface area (TPSA) is 46.9 Å². The monoisotopic (exact) mass is 342 g/mol. The molecule has 0 aliphatic carbocycles. The van der Waals surface area contributed by atoms with E-state index in [4.69, 9.17) is 4.74 Å². The predicted octanol–water partition coefficient (Wildman–Crippen LogP) is 2.31. The van der Waals surface area contributed by atoms with E-state index < -0.39 is 0 Å². The molecule has 3 rings (SSSR count). The van der Waals surface area contributed by atoms with E-state index in [-0.39, 0.29) is 18.4 Å². The maximum absolute atomic E-state index is 13.0. The number of hydrogen-bond donors (Lipinski definition) is 0. The van der Waals surface area contributed by atoms with Crippen LogP contribution in [0.4, 0.5) is 15.9 Å². The molecule has 0 amide bonds. The minimum atomic E-state index is -0.371. The lowest BCUT2D eigenvalue weighted by molar-refractivity contribution is -0.364. The highest BCUT2D eigenvalue weighted by molar-refractivity contribution is 5.88. The molecule has 0 saturated carbocycles. The van der Waals surface area contributed by atoms with Gasteiger partial charge < -0.3 is 9.64 Å². The van der Waals surface area contributed by atoms with E-state index in [0.717, 1.165) is 37.7 Å². The minimum Gasteiger partial charge on any atom is -0.458 e. The summed E-state index contributed by atoms with van der Waals surface area (Å²) in [5, 5.41) is 0. The van der Waals surface area contributed by atoms with Crippen molar-refractivity contribution in [3.63, 3.8) is 0 Å². The lowest BCUT2D eigenvalue weighted by atomic mass is 10.2. The quantitative estimate of drug-likeness (QED) is 0.618. The van der Waals surface area contributed by atoms with Crippen molar-refractivity contribution in [1.82, 2.24) is 0 Å². The highest BCUT2D eigenvalue weighted by Crippen LogP contribution is 2.18. The SMILES string of the molecule is C=CCOC(=O)c1ccc(N2CCN(c3ccc(F)cc3)CC2)[nH+]c1. The van der Waals surface area contributed by atoms with Gasteiger partial charge in [0.25, 0.3) is 5.82 Å². The van der Waals surface area contributed by atoms with Gasteiger partial charge in [-0.3, -0.25) is 4.90 Å². The number of carbonyl (C=O) groups excluding carboxylic acids is 1. The number of hydrogen-bond acceptors (Lipinski definition) is 4. The normalized spacial score (nSPS) is 14.3. The molecule has 2 aromatic rings. The summed E-state index contributed by atoms with van der Waals surface area (Å²) >= 11 is 0. The molecule has 1 aliphatic heterocycles. The zero-order valence-electron chi connectivity index (χ0n) is 14.0. The predicted molar refractivity (Wildman–Crippen MR) is 94.3 cm³/mol. The van der Waals surface area contributed by atoms with Gasteiger partial charge in [0, 0.05) is 11.8 Å². The molecule has 1 N–H and O–H groups in total. The first-order chi connectivity index (χ1) is 12.2. The number of halogens is 1. The lowest BCUT2D eigenvalue weighted by Crippen LogP contribution is -2.48. The molecule has 0 spiro atoms. The Morgan fingerprint density at radius 3 is 2.40 bits per heavy atom. The Balaban J connectivity index is 1.58. The van der Waals surface area contributed by atoms with Crippen LogP contribution in [-0.2, 0) is 4.74 Å². The molecule has 1 aromatic carbocycles. The summed E-state index contributed by atoms with van der Waals surface area (Å²) in [6.07, 6.45) is 3.20. The van der Waals surface area contributed by atoms with E-state index in [0.29, 0.717) is 5.56 Å². The van der Waals surface area contributed by atoms with Crippen molar-refractivity contribution in [2.45, 2.75) is 0 Å². The van der Waals surface area contributed by atoms with E-state index in [1.54, 1.807) is 24.4 Å². The zero-order chi connectivity index (χ0) is 17.6. The molecular formula is C19H21FN3O2+. The highest BCUT2D eigenvalue weighted by Gasteiger charge is 2.24. The summed E-state index contributed by atoms with van der Waals surface area (Å²) in [5.74, 6) is 0.367. The molecule has 1 aliphatic rings. The number of carbonyl (C=O) groups is 1. The number of H-pyrrole nitrogens is 1. The number of pyridine rings is 1. The maximum Gasteiger partial charge on any atom is 0.342 e. The standard InChI is InChI=1S/C19H20FN3O2/c1-2-13-25-19(24)15-3-8-18(21-14-15)23-11-9-22(10-12-23)17-6-4-16(20)5-7-17/h2-8,14H,1,9-13H2/p+1. The van der Waals surface area contributed by atoms with Crippen molar-refractivity contribution in [2.75, 3.05) is 42.6 Å². The van der Waals surface area contributed by atoms with Crippen LogP contribution in [0, 0.1) is 5.82 Å². The fourth-order valence-electron chi connectivity index (χ4n) is 2.82. The van der Waals surface area contributed by atoms with Crippen LogP contribution < -0.4 is 14.8 Å². The molecule has 0 radical (unpaired) electrons. The van der Waals surface area contributed by atoms with Gasteiger partial charge in [0.15, 0.2) is 0 Å². The molecule has 0 bridgehead atoms. The molecule has 1 saturated heterocycles. The number of ether oxygens (including phenoxy) is 1. The summed E-state index contributed by atoms with van der Waals surface area (Å²) in [6.45, 7) is 7.10. The van der Waals surface area contributed by atoms with Gasteiger partial charge >= 0.3 is 5.97 Å². The van der Waals surface area contributed by atoms with Crippen LogP contribution in [0.1, 0.15) is 10.4 Å². The van der Waals surface area contributed by atoms with E-state index in [1.807, 2.05) is 6.07 Å². The van der Waals surface area contributed by atoms with Crippen LogP contribution in [-0.4, -0.2) is 38.8 Å². The Morgan fingerprint density at radius 2 is 1.80 bits per heavy atom. The first-order valence-corrected chi connectivity index (χ1v) is 8.22. The first-order valence-electron chi connectivity index (χ1n) is 8.22. The van der Waals surface area contributed by atoms with E-state index in [2.05, 4.69) is 21.4 Å². The number of nitrogens with zero attached hydrogens (tertiary/aromatic N) is 2. The van der Waals surface area contributed by atoms with Crippen LogP contribution >= 0.6 is 0 Å². The molecule has 5 nitrogen and oxygen atoms in total. The van der Waals surface area contributed by atoms with E-state index >= 15 is 0 Å². The van der Waals surface area contributed by atoms with Gasteiger partial charge in [0.2, 0.25) is 0 Å². The van der Waals surface area contributed by atoms with Crippen molar-refractivity contribution in [1.29, 1.82) is 0 Å². The van der Waals surface area contributed by atoms with Crippen molar-refractivity contribution in [3.05, 3.63) is 66.6 Å². The number of esters is 1. The molecule has 2 heterocycles. The minimum absolute atomic E-state index is 0.200. The van der Waals surface area contributed by atoms with Crippen LogP contribution in [0.25, 0.3) is 0 Å². The van der Waals surface area contributed by atoms with Crippen molar-refractivity contribution >= 4 is 17.5 Å². The number of anilines is 2. The van der Waals surface area contributed by atoms with Crippen molar-refractivity contribution in [2.24, 2.45) is 0 Å². The molecule has 0 unspecified atom stereocenters. The van der Waals surface area contributed by atoms with Gasteiger partial charge in [-0.15, -0.1) is 0 Å². The van der Waals surface area contributed by atoms with Crippen LogP contribution in [0.3, 0.4) is 0 Å². The molecule has 25 heavy (non-hydrogen) atoms. The van der Waals surface area contributed by atoms with Gasteiger partial charge in [-0.25, -0.2) is 14.2 Å². The smallest absolute Gasteiger partial charge is 0.342 e. The Kier molecular flexibility index (Phi) is 5.28. The first kappa shape index (κ1) is 17.0. The third-order valence-electron chi connectivity index (χ3n) is 4.18. The summed E-state index contributed by atoms with van der Waals surface area (Å²) in [4.78, 5) is 19.4. The highest BCUT2D eigenvalue weighted by atomic mass is 19.1. The second-order valence-electron chi connectivity index (χ2n) is 5.80. The number of rotatable bonds is 5. The third-order valence-corrected chi connectivity index (χ3v) is 4.18. The summed E-state index contributed by atoms with van der Waals surface area (Å²) in [7, 11) is 0. The number of piperazine rings is 1. The largest absolute Gasteiger partial charge is 0.458 e. The van der Waals surface area contributed by atoms with Crippen LogP contribution in [0.5, 0.6) is 0 Å². The van der Waals surface area contributed by atoms with E-state index in [1.165, 1.54) is 18.2 Å². The summed E-state index contributed by atoms with van der Waals surface area (Å²) < 4.78 is 18.0. The summed E-state index contributed by atoms with van der Waals surface area (Å²) in [6, 6.07) is 10.2. The van der Waals surface area contributed by atoms with Crippen LogP contribution in [0.2, 0.25) is 0 Å². The Bertz CT molecular complexity index is 723. The second kappa shape index (κ2) is 7.79. The number of aromatic amines is 1. The Morgan fingerprint density at radius 1 is 1.12 bits per heavy atom. The average Bonchev–Trinajstić information content (AvgIpc) is 2.67. The fraction of sp³-hybridized carbons (Fsp3) is 0.263. The van der Waals surface area contributed by atoms with Gasteiger partial charge in [0.1, 0.15) is 31.7 Å². The van der Waals surface area contributed by atoms with Gasteiger partial charge in [-0.05, 0) is 30.3 Å². The molecular weight excluding hydrogens is 321 g/mol. The molecule has 1 aromatic heterocycles. The maximum atomic E-state index is 13.0. The molecule has 6 heteroatoms. The zero-order valence-corrected chi connectivity index (χ0v) is 14.0. The Labute approximate surface area is 146 Å². The fourth-order valence-corrected chi connectivity index (χ4v) is 2.82. The number of aromatic nitrogens is 1. The third kappa shape index (κ3) is 4.15. The van der Waals surface area contributed by atoms with Gasteiger partial charge in [-0.1, -0.05) is 12.7 Å². The summed E-state index contributed by atoms with van der Waals surface area (Å²) in [5.41, 5.74) is 1.51. The van der Waals surface area contributed by atoms with Crippen molar-refractivity contribution < 1.29 is 18.9 Å². The average molecular weight is 342 g/mol. The number of nitrogens with one attached hydrogen (secondary N) is 1. The lowest BCUT2D eigenvalue weighted by Gasteiger charge is -2.32. The van der Waals surface area contributed by atoms with Gasteiger partial charge in [-0.2, -0.15) is 0 Å². The Hall–Kier alpha value is -2.89. The van der Waals surface area contributed by atoms with Crippen LogP contribution in [0.15, 0.2) is 55.3 Å². The number of benzene rings is 1. The second-order valence-corrected chi connectivity index (χ2v) is 5.80. The van der Waals surface area contributed by atoms with E-state index in [9.17, 15) is 9.18 Å². The van der Waals surface area contributed by atoms with Crippen molar-refractivity contribution in [3.8, 4) is 0 Å². The molecule has 130 valence electrons. The molecule has 0 atom stereocenters. The van der Waals surface area contributed by atoms with Gasteiger partial charge in [0.05, 0.1) is 18.7 Å².